The van der Waals surface area contributed by atoms with Gasteiger partial charge in [0.15, 0.2) is 0 Å². The third-order valence-corrected chi connectivity index (χ3v) is 4.79. The van der Waals surface area contributed by atoms with Crippen LogP contribution in [0.25, 0.3) is 0 Å². The van der Waals surface area contributed by atoms with Crippen LogP contribution >= 0.6 is 11.3 Å². The maximum atomic E-state index is 11.9. The molecule has 1 amide bonds. The van der Waals surface area contributed by atoms with Crippen molar-refractivity contribution in [2.75, 3.05) is 6.54 Å². The highest BCUT2D eigenvalue weighted by Crippen LogP contribution is 2.24. The summed E-state index contributed by atoms with van der Waals surface area (Å²) in [6.45, 7) is 4.04. The monoisotopic (exact) mass is 317 g/mol. The maximum absolute atomic E-state index is 11.9. The van der Waals surface area contributed by atoms with E-state index in [0.29, 0.717) is 6.42 Å². The van der Waals surface area contributed by atoms with Crippen LogP contribution in [0.1, 0.15) is 35.8 Å². The van der Waals surface area contributed by atoms with Gasteiger partial charge in [-0.3, -0.25) is 4.79 Å². The third-order valence-electron chi connectivity index (χ3n) is 3.67. The van der Waals surface area contributed by atoms with Gasteiger partial charge >= 0.3 is 0 Å². The lowest BCUT2D eigenvalue weighted by Gasteiger charge is -2.22. The molecule has 1 aromatic carbocycles. The number of carbonyl (C=O) groups is 1. The summed E-state index contributed by atoms with van der Waals surface area (Å²) in [4.78, 5) is 12.8. The Morgan fingerprint density at radius 1 is 1.27 bits per heavy atom. The van der Waals surface area contributed by atoms with E-state index in [2.05, 4.69) is 36.5 Å². The van der Waals surface area contributed by atoms with Crippen LogP contribution in [0, 0.1) is 6.92 Å². The normalized spacial score (nSPS) is 13.6. The van der Waals surface area contributed by atoms with E-state index in [1.54, 1.807) is 6.92 Å². The van der Waals surface area contributed by atoms with Crippen molar-refractivity contribution >= 4 is 17.2 Å². The van der Waals surface area contributed by atoms with Crippen LogP contribution < -0.4 is 5.32 Å². The topological polar surface area (TPSA) is 49.3 Å². The van der Waals surface area contributed by atoms with Crippen LogP contribution in [-0.2, 0) is 16.8 Å². The Kier molecular flexibility index (Phi) is 5.75. The van der Waals surface area contributed by atoms with E-state index >= 15 is 0 Å². The lowest BCUT2D eigenvalue weighted by Crippen LogP contribution is -2.38. The fourth-order valence-corrected chi connectivity index (χ4v) is 3.03. The Morgan fingerprint density at radius 3 is 2.64 bits per heavy atom. The molecule has 0 spiro atoms. The van der Waals surface area contributed by atoms with Crippen molar-refractivity contribution in [2.24, 2.45) is 0 Å². The summed E-state index contributed by atoms with van der Waals surface area (Å²) < 4.78 is 0. The SMILES string of the molecule is Cc1ccc(CCCC(=O)NCC(C)(O)c2cccs2)cc1. The maximum Gasteiger partial charge on any atom is 0.220 e. The van der Waals surface area contributed by atoms with Gasteiger partial charge in [-0.05, 0) is 43.7 Å². The van der Waals surface area contributed by atoms with Crippen molar-refractivity contribution in [3.8, 4) is 0 Å². The minimum atomic E-state index is -0.999. The largest absolute Gasteiger partial charge is 0.383 e. The number of aliphatic hydroxyl groups is 1. The Labute approximate surface area is 136 Å². The van der Waals surface area contributed by atoms with Crippen LogP contribution in [0.15, 0.2) is 41.8 Å². The second kappa shape index (κ2) is 7.56. The third kappa shape index (κ3) is 4.97. The molecule has 1 aromatic heterocycles. The second-order valence-electron chi connectivity index (χ2n) is 5.87. The summed E-state index contributed by atoms with van der Waals surface area (Å²) in [5.41, 5.74) is 1.50. The van der Waals surface area contributed by atoms with Gasteiger partial charge < -0.3 is 10.4 Å². The van der Waals surface area contributed by atoms with Crippen LogP contribution in [0.4, 0.5) is 0 Å². The zero-order chi connectivity index (χ0) is 16.0. The molecule has 2 aromatic rings. The summed E-state index contributed by atoms with van der Waals surface area (Å²) in [5, 5.41) is 15.1. The van der Waals surface area contributed by atoms with E-state index in [1.807, 2.05) is 17.5 Å². The van der Waals surface area contributed by atoms with Crippen LogP contribution in [-0.4, -0.2) is 17.6 Å². The van der Waals surface area contributed by atoms with E-state index in [-0.39, 0.29) is 12.5 Å². The molecule has 4 heteroatoms. The van der Waals surface area contributed by atoms with Crippen molar-refractivity contribution in [2.45, 2.75) is 38.7 Å². The summed E-state index contributed by atoms with van der Waals surface area (Å²) in [7, 11) is 0. The van der Waals surface area contributed by atoms with Crippen molar-refractivity contribution in [1.82, 2.24) is 5.32 Å². The highest BCUT2D eigenvalue weighted by atomic mass is 32.1. The first-order valence-corrected chi connectivity index (χ1v) is 8.44. The molecule has 0 saturated carbocycles. The first-order valence-electron chi connectivity index (χ1n) is 7.56. The number of thiophene rings is 1. The van der Waals surface area contributed by atoms with E-state index in [0.717, 1.165) is 17.7 Å². The quantitative estimate of drug-likeness (QED) is 0.822. The highest BCUT2D eigenvalue weighted by molar-refractivity contribution is 7.10. The predicted octanol–water partition coefficient (Wildman–Crippen LogP) is 3.40. The van der Waals surface area contributed by atoms with Gasteiger partial charge in [0.05, 0.1) is 6.54 Å². The van der Waals surface area contributed by atoms with Crippen LogP contribution in [0.5, 0.6) is 0 Å². The summed E-state index contributed by atoms with van der Waals surface area (Å²) in [6.07, 6.45) is 2.19. The zero-order valence-electron chi connectivity index (χ0n) is 13.1. The number of benzene rings is 1. The summed E-state index contributed by atoms with van der Waals surface area (Å²) in [6, 6.07) is 12.2. The molecule has 0 fully saturated rings. The van der Waals surface area contributed by atoms with E-state index in [4.69, 9.17) is 0 Å². The van der Waals surface area contributed by atoms with Crippen LogP contribution in [0.2, 0.25) is 0 Å². The molecule has 2 N–H and O–H groups in total. The number of nitrogens with one attached hydrogen (secondary N) is 1. The minimum absolute atomic E-state index is 0.0102. The lowest BCUT2D eigenvalue weighted by atomic mass is 10.0. The molecule has 1 unspecified atom stereocenters. The average Bonchev–Trinajstić information content (AvgIpc) is 3.02. The Bertz CT molecular complexity index is 588. The van der Waals surface area contributed by atoms with E-state index in [1.165, 1.54) is 22.5 Å². The first kappa shape index (κ1) is 16.7. The molecule has 0 aliphatic carbocycles. The molecule has 2 rings (SSSR count). The first-order chi connectivity index (χ1) is 10.5. The number of hydrogen-bond donors (Lipinski definition) is 2. The van der Waals surface area contributed by atoms with Gasteiger partial charge in [0.25, 0.3) is 0 Å². The van der Waals surface area contributed by atoms with Gasteiger partial charge in [0.1, 0.15) is 5.60 Å². The standard InChI is InChI=1S/C18H23NO2S/c1-14-8-10-15(11-9-14)5-3-7-17(20)19-13-18(2,21)16-6-4-12-22-16/h4,6,8-12,21H,3,5,7,13H2,1-2H3,(H,19,20). The minimum Gasteiger partial charge on any atom is -0.383 e. The fraction of sp³-hybridized carbons (Fsp3) is 0.389. The van der Waals surface area contributed by atoms with E-state index < -0.39 is 5.60 Å². The molecule has 118 valence electrons. The molecule has 1 atom stereocenters. The predicted molar refractivity (Wildman–Crippen MR) is 91.0 cm³/mol. The molecule has 0 saturated heterocycles. The van der Waals surface area contributed by atoms with Gasteiger partial charge in [-0.15, -0.1) is 11.3 Å². The molecular formula is C18H23NO2S. The van der Waals surface area contributed by atoms with Gasteiger partial charge in [-0.1, -0.05) is 35.9 Å². The molecule has 0 aliphatic heterocycles. The zero-order valence-corrected chi connectivity index (χ0v) is 14.0. The van der Waals surface area contributed by atoms with E-state index in [9.17, 15) is 9.90 Å². The van der Waals surface area contributed by atoms with Crippen molar-refractivity contribution in [3.05, 3.63) is 57.8 Å². The van der Waals surface area contributed by atoms with Crippen LogP contribution in [0.3, 0.4) is 0 Å². The smallest absolute Gasteiger partial charge is 0.220 e. The van der Waals surface area contributed by atoms with Crippen molar-refractivity contribution < 1.29 is 9.90 Å². The number of carbonyl (C=O) groups excluding carboxylic acids is 1. The molecule has 1 heterocycles. The van der Waals surface area contributed by atoms with Gasteiger partial charge in [0.2, 0.25) is 5.91 Å². The Balaban J connectivity index is 1.71. The Morgan fingerprint density at radius 2 is 2.00 bits per heavy atom. The molecule has 22 heavy (non-hydrogen) atoms. The summed E-state index contributed by atoms with van der Waals surface area (Å²) in [5.74, 6) is -0.0102. The molecule has 0 bridgehead atoms. The summed E-state index contributed by atoms with van der Waals surface area (Å²) >= 11 is 1.50. The van der Waals surface area contributed by atoms with Crippen molar-refractivity contribution in [1.29, 1.82) is 0 Å². The van der Waals surface area contributed by atoms with Gasteiger partial charge in [-0.2, -0.15) is 0 Å². The number of rotatable bonds is 7. The fourth-order valence-electron chi connectivity index (χ4n) is 2.24. The molecular weight excluding hydrogens is 294 g/mol. The van der Waals surface area contributed by atoms with Crippen molar-refractivity contribution in [3.63, 3.8) is 0 Å². The van der Waals surface area contributed by atoms with Gasteiger partial charge in [0, 0.05) is 11.3 Å². The second-order valence-corrected chi connectivity index (χ2v) is 6.81. The molecule has 0 aliphatic rings. The average molecular weight is 317 g/mol. The van der Waals surface area contributed by atoms with Gasteiger partial charge in [-0.25, -0.2) is 0 Å². The number of hydrogen-bond acceptors (Lipinski definition) is 3. The molecule has 0 radical (unpaired) electrons. The lowest BCUT2D eigenvalue weighted by molar-refractivity contribution is -0.122. The highest BCUT2D eigenvalue weighted by Gasteiger charge is 2.24. The number of aryl methyl sites for hydroxylation is 2. The number of amides is 1. The Hall–Kier alpha value is -1.65. The molecule has 3 nitrogen and oxygen atoms in total.